The Morgan fingerprint density at radius 1 is 1.17 bits per heavy atom. The molecule has 3 aromatic heterocycles. The molecule has 0 unspecified atom stereocenters. The minimum absolute atomic E-state index is 0.00658. The third-order valence-electron chi connectivity index (χ3n) is 5.64. The Labute approximate surface area is 175 Å². The van der Waals surface area contributed by atoms with Crippen LogP contribution >= 0.6 is 0 Å². The van der Waals surface area contributed by atoms with E-state index in [0.29, 0.717) is 30.1 Å². The Bertz CT molecular complexity index is 1200. The molecule has 3 heterocycles. The van der Waals surface area contributed by atoms with Gasteiger partial charge in [0.1, 0.15) is 5.69 Å². The lowest BCUT2D eigenvalue weighted by atomic mass is 9.83. The van der Waals surface area contributed by atoms with Crippen LogP contribution in [-0.2, 0) is 12.0 Å². The highest BCUT2D eigenvalue weighted by molar-refractivity contribution is 5.88. The number of aryl methyl sites for hydroxylation is 1. The first-order chi connectivity index (χ1) is 14.4. The molecular weight excluding hydrogens is 376 g/mol. The Kier molecular flexibility index (Phi) is 4.34. The van der Waals surface area contributed by atoms with Crippen LogP contribution in [0.15, 0.2) is 35.0 Å². The molecule has 1 aliphatic rings. The monoisotopic (exact) mass is 402 g/mol. The summed E-state index contributed by atoms with van der Waals surface area (Å²) in [4.78, 5) is 4.98. The van der Waals surface area contributed by atoms with E-state index >= 15 is 0 Å². The molecule has 1 aliphatic carbocycles. The summed E-state index contributed by atoms with van der Waals surface area (Å²) in [5.74, 6) is 1.12. The van der Waals surface area contributed by atoms with Crippen LogP contribution in [0.3, 0.4) is 0 Å². The minimum Gasteiger partial charge on any atom is -0.402 e. The van der Waals surface area contributed by atoms with Crippen molar-refractivity contribution in [3.05, 3.63) is 52.8 Å². The van der Waals surface area contributed by atoms with E-state index in [0.717, 1.165) is 11.1 Å². The van der Waals surface area contributed by atoms with Crippen LogP contribution in [0.2, 0.25) is 0 Å². The fourth-order valence-electron chi connectivity index (χ4n) is 3.80. The number of benzene rings is 1. The number of hydrogen-bond donors (Lipinski definition) is 2. The number of anilines is 1. The first-order valence-electron chi connectivity index (χ1n) is 10.4. The number of rotatable bonds is 5. The van der Waals surface area contributed by atoms with Crippen molar-refractivity contribution in [1.29, 1.82) is 0 Å². The van der Waals surface area contributed by atoms with Gasteiger partial charge in [0, 0.05) is 23.7 Å². The maximum absolute atomic E-state index is 5.84. The number of fused-ring (bicyclic) bond motifs is 1. The number of nitrogens with zero attached hydrogens (tertiary/aromatic N) is 4. The number of pyridine rings is 1. The molecule has 0 radical (unpaired) electrons. The van der Waals surface area contributed by atoms with Crippen LogP contribution in [0.4, 0.5) is 6.01 Å². The first kappa shape index (κ1) is 18.8. The van der Waals surface area contributed by atoms with Crippen LogP contribution < -0.4 is 5.32 Å². The average molecular weight is 403 g/mol. The van der Waals surface area contributed by atoms with Crippen molar-refractivity contribution in [2.24, 2.45) is 0 Å². The van der Waals surface area contributed by atoms with Crippen molar-refractivity contribution in [3.63, 3.8) is 0 Å². The molecule has 1 fully saturated rings. The summed E-state index contributed by atoms with van der Waals surface area (Å²) in [5, 5.41) is 19.4. The topological polar surface area (TPSA) is 92.5 Å². The van der Waals surface area contributed by atoms with Crippen molar-refractivity contribution in [3.8, 4) is 11.6 Å². The van der Waals surface area contributed by atoms with E-state index in [2.05, 4.69) is 65.5 Å². The Hall–Kier alpha value is -3.22. The van der Waals surface area contributed by atoms with Gasteiger partial charge in [0.2, 0.25) is 0 Å². The molecule has 0 amide bonds. The molecule has 0 aliphatic heterocycles. The summed E-state index contributed by atoms with van der Waals surface area (Å²) in [6.07, 6.45) is 6.15. The van der Waals surface area contributed by atoms with Crippen molar-refractivity contribution in [2.45, 2.75) is 58.4 Å². The molecule has 30 heavy (non-hydrogen) atoms. The van der Waals surface area contributed by atoms with Crippen molar-refractivity contribution in [1.82, 2.24) is 25.4 Å². The van der Waals surface area contributed by atoms with Gasteiger partial charge in [0.15, 0.2) is 0 Å². The van der Waals surface area contributed by atoms with E-state index < -0.39 is 0 Å². The third kappa shape index (κ3) is 3.56. The average Bonchev–Trinajstić information content (AvgIpc) is 3.22. The van der Waals surface area contributed by atoms with E-state index in [1.165, 1.54) is 34.9 Å². The molecule has 0 spiro atoms. The normalized spacial score (nSPS) is 14.4. The fraction of sp³-hybridized carbons (Fsp3) is 0.391. The van der Waals surface area contributed by atoms with E-state index in [-0.39, 0.29) is 5.41 Å². The summed E-state index contributed by atoms with van der Waals surface area (Å²) < 4.78 is 5.84. The molecule has 154 valence electrons. The zero-order chi connectivity index (χ0) is 20.9. The van der Waals surface area contributed by atoms with Gasteiger partial charge in [-0.25, -0.2) is 4.98 Å². The smallest absolute Gasteiger partial charge is 0.316 e. The fourth-order valence-corrected chi connectivity index (χ4v) is 3.80. The molecule has 7 nitrogen and oxygen atoms in total. The Balaban J connectivity index is 1.53. The molecule has 4 aromatic rings. The summed E-state index contributed by atoms with van der Waals surface area (Å²) in [5.41, 5.74) is 6.61. The van der Waals surface area contributed by atoms with Crippen LogP contribution in [0.25, 0.3) is 22.5 Å². The summed E-state index contributed by atoms with van der Waals surface area (Å²) in [6.45, 7) is 9.41. The van der Waals surface area contributed by atoms with Crippen LogP contribution in [-0.4, -0.2) is 25.4 Å². The summed E-state index contributed by atoms with van der Waals surface area (Å²) in [6, 6.07) is 7.08. The van der Waals surface area contributed by atoms with Gasteiger partial charge in [-0.2, -0.15) is 5.10 Å². The molecule has 0 atom stereocenters. The lowest BCUT2D eigenvalue weighted by Crippen LogP contribution is -2.13. The molecule has 1 aromatic carbocycles. The number of aromatic amines is 1. The predicted molar refractivity (Wildman–Crippen MR) is 116 cm³/mol. The summed E-state index contributed by atoms with van der Waals surface area (Å²) >= 11 is 0. The quantitative estimate of drug-likeness (QED) is 0.482. The van der Waals surface area contributed by atoms with E-state index in [9.17, 15) is 0 Å². The SMILES string of the molecule is Cc1cc(-c2nnc(NCc3cn[nH]c3)o2)nc2c(C(C)(C)C)cc(C3CC3)cc12. The lowest BCUT2D eigenvalue weighted by molar-refractivity contribution is 0.578. The first-order valence-corrected chi connectivity index (χ1v) is 10.4. The summed E-state index contributed by atoms with van der Waals surface area (Å²) in [7, 11) is 0. The molecule has 1 saturated carbocycles. The van der Waals surface area contributed by atoms with Crippen molar-refractivity contribution in [2.75, 3.05) is 5.32 Å². The maximum Gasteiger partial charge on any atom is 0.316 e. The number of nitrogens with one attached hydrogen (secondary N) is 2. The van der Waals surface area contributed by atoms with Gasteiger partial charge in [-0.1, -0.05) is 31.9 Å². The number of H-pyrrole nitrogens is 1. The van der Waals surface area contributed by atoms with Crippen LogP contribution in [0.5, 0.6) is 0 Å². The highest BCUT2D eigenvalue weighted by Gasteiger charge is 2.28. The second-order valence-corrected chi connectivity index (χ2v) is 9.19. The van der Waals surface area contributed by atoms with Gasteiger partial charge in [0.05, 0.1) is 11.7 Å². The largest absolute Gasteiger partial charge is 0.402 e. The van der Waals surface area contributed by atoms with E-state index in [1.807, 2.05) is 12.3 Å². The van der Waals surface area contributed by atoms with Crippen LogP contribution in [0.1, 0.15) is 61.8 Å². The minimum atomic E-state index is -0.00658. The second kappa shape index (κ2) is 6.93. The van der Waals surface area contributed by atoms with E-state index in [1.54, 1.807) is 6.20 Å². The standard InChI is InChI=1S/C23H26N6O/c1-13-7-19(21-28-29-22(30-21)24-10-14-11-25-26-12-14)27-20-17(13)8-16(15-5-6-15)9-18(20)23(2,3)4/h7-9,11-12,15H,5-6,10H2,1-4H3,(H,24,29)(H,25,26). The Morgan fingerprint density at radius 2 is 2.00 bits per heavy atom. The van der Waals surface area contributed by atoms with Gasteiger partial charge >= 0.3 is 6.01 Å². The van der Waals surface area contributed by atoms with Crippen LogP contribution in [0, 0.1) is 6.92 Å². The zero-order valence-corrected chi connectivity index (χ0v) is 17.8. The molecule has 0 bridgehead atoms. The lowest BCUT2D eigenvalue weighted by Gasteiger charge is -2.23. The maximum atomic E-state index is 5.84. The van der Waals surface area contributed by atoms with Gasteiger partial charge < -0.3 is 9.73 Å². The highest BCUT2D eigenvalue weighted by Crippen LogP contribution is 2.44. The van der Waals surface area contributed by atoms with Gasteiger partial charge in [0.25, 0.3) is 5.89 Å². The van der Waals surface area contributed by atoms with Gasteiger partial charge in [-0.15, -0.1) is 5.10 Å². The van der Waals surface area contributed by atoms with E-state index in [4.69, 9.17) is 9.40 Å². The van der Waals surface area contributed by atoms with Crippen molar-refractivity contribution < 1.29 is 4.42 Å². The van der Waals surface area contributed by atoms with Gasteiger partial charge in [-0.05, 0) is 59.9 Å². The molecule has 5 rings (SSSR count). The third-order valence-corrected chi connectivity index (χ3v) is 5.64. The zero-order valence-electron chi connectivity index (χ0n) is 17.8. The molecular formula is C23H26N6O. The second-order valence-electron chi connectivity index (χ2n) is 9.19. The van der Waals surface area contributed by atoms with Gasteiger partial charge in [-0.3, -0.25) is 5.10 Å². The molecule has 7 heteroatoms. The highest BCUT2D eigenvalue weighted by atomic mass is 16.4. The number of aromatic nitrogens is 5. The predicted octanol–water partition coefficient (Wildman–Crippen LogP) is 5.10. The molecule has 2 N–H and O–H groups in total. The molecule has 0 saturated heterocycles. The Morgan fingerprint density at radius 3 is 2.70 bits per heavy atom. The number of hydrogen-bond acceptors (Lipinski definition) is 6. The van der Waals surface area contributed by atoms with Crippen molar-refractivity contribution >= 4 is 16.9 Å².